The smallest absolute Gasteiger partial charge is 0.293 e. The third-order valence-corrected chi connectivity index (χ3v) is 3.84. The lowest BCUT2D eigenvalue weighted by atomic mass is 10.2. The molecule has 1 aromatic carbocycles. The molecule has 20 heavy (non-hydrogen) atoms. The van der Waals surface area contributed by atoms with Gasteiger partial charge < -0.3 is 10.6 Å². The number of nitrogens with zero attached hydrogens (tertiary/aromatic N) is 2. The minimum Gasteiger partial charge on any atom is -0.378 e. The first-order chi connectivity index (χ1) is 9.52. The second-order valence-electron chi connectivity index (χ2n) is 4.61. The van der Waals surface area contributed by atoms with Crippen molar-refractivity contribution in [2.75, 3.05) is 32.1 Å². The molecule has 5 nitrogen and oxygen atoms in total. The first-order valence-corrected chi connectivity index (χ1v) is 7.07. The van der Waals surface area contributed by atoms with Crippen LogP contribution in [0.4, 0.5) is 10.5 Å². The van der Waals surface area contributed by atoms with E-state index in [-0.39, 0.29) is 24.2 Å². The molecule has 0 radical (unpaired) electrons. The monoisotopic (exact) mass is 291 g/mol. The Morgan fingerprint density at radius 2 is 1.90 bits per heavy atom. The minimum absolute atomic E-state index is 0.253. The Morgan fingerprint density at radius 1 is 1.25 bits per heavy atom. The van der Waals surface area contributed by atoms with Gasteiger partial charge in [0.2, 0.25) is 0 Å². The molecule has 1 saturated heterocycles. The summed E-state index contributed by atoms with van der Waals surface area (Å²) in [6.07, 6.45) is 1.74. The van der Waals surface area contributed by atoms with Crippen LogP contribution in [0.15, 0.2) is 29.2 Å². The highest BCUT2D eigenvalue weighted by Gasteiger charge is 2.34. The van der Waals surface area contributed by atoms with Gasteiger partial charge in [0.25, 0.3) is 11.1 Å². The highest BCUT2D eigenvalue weighted by molar-refractivity contribution is 8.18. The van der Waals surface area contributed by atoms with Gasteiger partial charge in [-0.1, -0.05) is 12.1 Å². The second-order valence-corrected chi connectivity index (χ2v) is 5.60. The predicted octanol–water partition coefficient (Wildman–Crippen LogP) is 1.75. The number of hydrogen-bond acceptors (Lipinski definition) is 5. The summed E-state index contributed by atoms with van der Waals surface area (Å²) in [5, 5.41) is -0.253. The van der Waals surface area contributed by atoms with Crippen LogP contribution in [0.3, 0.4) is 0 Å². The molecule has 1 aromatic rings. The molecule has 0 aromatic heterocycles. The molecule has 1 aliphatic rings. The maximum Gasteiger partial charge on any atom is 0.293 e. The molecule has 1 fully saturated rings. The number of carbonyl (C=O) groups is 2. The second kappa shape index (κ2) is 6.11. The fraction of sp³-hybridized carbons (Fsp3) is 0.286. The van der Waals surface area contributed by atoms with Gasteiger partial charge in [0.15, 0.2) is 0 Å². The summed E-state index contributed by atoms with van der Waals surface area (Å²) in [5.74, 6) is -0.262. The maximum atomic E-state index is 12.0. The molecule has 0 saturated carbocycles. The Bertz CT molecular complexity index is 552. The summed E-state index contributed by atoms with van der Waals surface area (Å²) in [7, 11) is 3.93. The van der Waals surface area contributed by atoms with E-state index < -0.39 is 0 Å². The van der Waals surface area contributed by atoms with Crippen molar-refractivity contribution < 1.29 is 9.59 Å². The van der Waals surface area contributed by atoms with Crippen LogP contribution in [0.2, 0.25) is 0 Å². The molecule has 0 spiro atoms. The zero-order valence-corrected chi connectivity index (χ0v) is 12.3. The van der Waals surface area contributed by atoms with E-state index in [9.17, 15) is 9.59 Å². The SMILES string of the molecule is CN(C)c1ccc(/C=C2/SC(=O)N(CCN)C2=O)cc1. The molecular weight excluding hydrogens is 274 g/mol. The highest BCUT2D eigenvalue weighted by atomic mass is 32.2. The van der Waals surface area contributed by atoms with Gasteiger partial charge in [-0.05, 0) is 35.5 Å². The van der Waals surface area contributed by atoms with E-state index in [4.69, 9.17) is 5.73 Å². The van der Waals surface area contributed by atoms with Gasteiger partial charge in [0.1, 0.15) is 0 Å². The molecule has 1 heterocycles. The summed E-state index contributed by atoms with van der Waals surface area (Å²) in [6, 6.07) is 7.78. The summed E-state index contributed by atoms with van der Waals surface area (Å²) in [4.78, 5) is 27.4. The summed E-state index contributed by atoms with van der Waals surface area (Å²) in [6.45, 7) is 0.546. The fourth-order valence-electron chi connectivity index (χ4n) is 1.84. The molecule has 2 N–H and O–H groups in total. The minimum atomic E-state index is -0.262. The lowest BCUT2D eigenvalue weighted by Gasteiger charge is -2.12. The van der Waals surface area contributed by atoms with Gasteiger partial charge in [-0.3, -0.25) is 14.5 Å². The highest BCUT2D eigenvalue weighted by Crippen LogP contribution is 2.32. The van der Waals surface area contributed by atoms with Crippen molar-refractivity contribution in [3.63, 3.8) is 0 Å². The summed E-state index contributed by atoms with van der Waals surface area (Å²) < 4.78 is 0. The van der Waals surface area contributed by atoms with Crippen LogP contribution >= 0.6 is 11.8 Å². The van der Waals surface area contributed by atoms with Crippen LogP contribution in [-0.4, -0.2) is 43.2 Å². The van der Waals surface area contributed by atoms with Crippen molar-refractivity contribution in [3.8, 4) is 0 Å². The largest absolute Gasteiger partial charge is 0.378 e. The van der Waals surface area contributed by atoms with E-state index in [2.05, 4.69) is 0 Å². The van der Waals surface area contributed by atoms with Crippen molar-refractivity contribution in [3.05, 3.63) is 34.7 Å². The Morgan fingerprint density at radius 3 is 2.45 bits per heavy atom. The Labute approximate surface area is 122 Å². The van der Waals surface area contributed by atoms with Crippen molar-refractivity contribution in [1.82, 2.24) is 4.90 Å². The van der Waals surface area contributed by atoms with Crippen LogP contribution in [0.5, 0.6) is 0 Å². The lowest BCUT2D eigenvalue weighted by molar-refractivity contribution is -0.122. The predicted molar refractivity (Wildman–Crippen MR) is 82.5 cm³/mol. The lowest BCUT2D eigenvalue weighted by Crippen LogP contribution is -2.33. The van der Waals surface area contributed by atoms with E-state index >= 15 is 0 Å². The van der Waals surface area contributed by atoms with Gasteiger partial charge in [-0.15, -0.1) is 0 Å². The standard InChI is InChI=1S/C14H17N3O2S/c1-16(2)11-5-3-10(4-6-11)9-12-13(18)17(8-7-15)14(19)20-12/h3-6,9H,7-8,15H2,1-2H3/b12-9+. The molecule has 2 amide bonds. The molecule has 6 heteroatoms. The van der Waals surface area contributed by atoms with Gasteiger partial charge in [0.05, 0.1) is 4.91 Å². The van der Waals surface area contributed by atoms with Crippen LogP contribution in [0.25, 0.3) is 6.08 Å². The van der Waals surface area contributed by atoms with Gasteiger partial charge in [0, 0.05) is 32.9 Å². The number of hydrogen-bond donors (Lipinski definition) is 1. The molecule has 0 aliphatic carbocycles. The molecule has 106 valence electrons. The summed E-state index contributed by atoms with van der Waals surface area (Å²) in [5.41, 5.74) is 7.38. The van der Waals surface area contributed by atoms with E-state index in [1.807, 2.05) is 43.3 Å². The number of carbonyl (C=O) groups excluding carboxylic acids is 2. The molecule has 0 unspecified atom stereocenters. The molecule has 0 bridgehead atoms. The number of rotatable bonds is 4. The average molecular weight is 291 g/mol. The maximum absolute atomic E-state index is 12.0. The van der Waals surface area contributed by atoms with Crippen LogP contribution < -0.4 is 10.6 Å². The van der Waals surface area contributed by atoms with Gasteiger partial charge in [-0.25, -0.2) is 0 Å². The number of nitrogens with two attached hydrogens (primary N) is 1. The third-order valence-electron chi connectivity index (χ3n) is 2.93. The molecular formula is C14H17N3O2S. The van der Waals surface area contributed by atoms with Crippen LogP contribution in [-0.2, 0) is 4.79 Å². The van der Waals surface area contributed by atoms with E-state index in [1.165, 1.54) is 4.90 Å². The van der Waals surface area contributed by atoms with Crippen molar-refractivity contribution in [2.45, 2.75) is 0 Å². The molecule has 2 rings (SSSR count). The molecule has 1 aliphatic heterocycles. The normalized spacial score (nSPS) is 17.1. The van der Waals surface area contributed by atoms with Crippen LogP contribution in [0, 0.1) is 0 Å². The number of imide groups is 1. The zero-order chi connectivity index (χ0) is 14.7. The Hall–Kier alpha value is -1.79. The fourth-order valence-corrected chi connectivity index (χ4v) is 2.71. The quantitative estimate of drug-likeness (QED) is 0.856. The van der Waals surface area contributed by atoms with Crippen molar-refractivity contribution in [1.29, 1.82) is 0 Å². The van der Waals surface area contributed by atoms with Gasteiger partial charge >= 0.3 is 0 Å². The first-order valence-electron chi connectivity index (χ1n) is 6.25. The van der Waals surface area contributed by atoms with E-state index in [0.29, 0.717) is 4.91 Å². The topological polar surface area (TPSA) is 66.6 Å². The van der Waals surface area contributed by atoms with Crippen molar-refractivity contribution >= 4 is 34.7 Å². The molecule has 0 atom stereocenters. The first kappa shape index (κ1) is 14.6. The summed E-state index contributed by atoms with van der Waals surface area (Å²) >= 11 is 0.960. The number of anilines is 1. The number of benzene rings is 1. The zero-order valence-electron chi connectivity index (χ0n) is 11.5. The van der Waals surface area contributed by atoms with Gasteiger partial charge in [-0.2, -0.15) is 0 Å². The van der Waals surface area contributed by atoms with Crippen LogP contribution in [0.1, 0.15) is 5.56 Å². The van der Waals surface area contributed by atoms with E-state index in [1.54, 1.807) is 6.08 Å². The Kier molecular flexibility index (Phi) is 4.46. The average Bonchev–Trinajstić information content (AvgIpc) is 2.67. The third kappa shape index (κ3) is 3.02. The van der Waals surface area contributed by atoms with Crippen molar-refractivity contribution in [2.24, 2.45) is 5.73 Å². The van der Waals surface area contributed by atoms with E-state index in [0.717, 1.165) is 23.0 Å². The number of amides is 2. The Balaban J connectivity index is 2.19. The number of thioether (sulfide) groups is 1.